The Morgan fingerprint density at radius 2 is 1.82 bits per heavy atom. The van der Waals surface area contributed by atoms with Gasteiger partial charge in [-0.05, 0) is 23.8 Å². The minimum Gasteiger partial charge on any atom is -0.376 e. The second-order valence-corrected chi connectivity index (χ2v) is 5.49. The number of halogens is 1. The van der Waals surface area contributed by atoms with E-state index in [9.17, 15) is 0 Å². The van der Waals surface area contributed by atoms with Crippen molar-refractivity contribution in [3.8, 4) is 0 Å². The number of anilines is 1. The van der Waals surface area contributed by atoms with Crippen molar-refractivity contribution in [1.82, 2.24) is 0 Å². The van der Waals surface area contributed by atoms with Crippen molar-refractivity contribution in [3.05, 3.63) is 59.1 Å². The molecule has 0 aromatic heterocycles. The Morgan fingerprint density at radius 1 is 1.06 bits per heavy atom. The highest BCUT2D eigenvalue weighted by molar-refractivity contribution is 7.99. The van der Waals surface area contributed by atoms with Crippen LogP contribution in [0.15, 0.2) is 53.4 Å². The molecule has 1 N–H and O–H groups in total. The van der Waals surface area contributed by atoms with E-state index >= 15 is 0 Å². The molecule has 0 bridgehead atoms. The SMILES string of the molecule is Clc1ccccc1[C@H]1CSc2ccccc2N1. The summed E-state index contributed by atoms with van der Waals surface area (Å²) in [7, 11) is 0. The number of benzene rings is 2. The Kier molecular flexibility index (Phi) is 3.00. The largest absolute Gasteiger partial charge is 0.376 e. The molecule has 86 valence electrons. The average molecular weight is 262 g/mol. The fourth-order valence-corrected chi connectivity index (χ4v) is 3.37. The molecule has 0 aliphatic carbocycles. The van der Waals surface area contributed by atoms with E-state index in [1.165, 1.54) is 16.1 Å². The maximum atomic E-state index is 6.24. The third-order valence-corrected chi connectivity index (χ3v) is 4.41. The van der Waals surface area contributed by atoms with E-state index in [0.29, 0.717) is 6.04 Å². The molecular weight excluding hydrogens is 250 g/mol. The first kappa shape index (κ1) is 11.0. The van der Waals surface area contributed by atoms with Gasteiger partial charge in [-0.1, -0.05) is 41.9 Å². The number of fused-ring (bicyclic) bond motifs is 1. The fourth-order valence-electron chi connectivity index (χ4n) is 2.04. The van der Waals surface area contributed by atoms with E-state index in [2.05, 4.69) is 35.6 Å². The fraction of sp³-hybridized carbons (Fsp3) is 0.143. The summed E-state index contributed by atoms with van der Waals surface area (Å²) in [5.74, 6) is 1.01. The Labute approximate surface area is 110 Å². The highest BCUT2D eigenvalue weighted by atomic mass is 35.5. The average Bonchev–Trinajstić information content (AvgIpc) is 2.39. The summed E-state index contributed by atoms with van der Waals surface area (Å²) < 4.78 is 0. The summed E-state index contributed by atoms with van der Waals surface area (Å²) in [4.78, 5) is 1.32. The monoisotopic (exact) mass is 261 g/mol. The lowest BCUT2D eigenvalue weighted by Crippen LogP contribution is -2.17. The molecule has 2 aromatic rings. The van der Waals surface area contributed by atoms with E-state index in [-0.39, 0.29) is 0 Å². The number of nitrogens with one attached hydrogen (secondary N) is 1. The van der Waals surface area contributed by atoms with Crippen LogP contribution in [-0.4, -0.2) is 5.75 Å². The summed E-state index contributed by atoms with van der Waals surface area (Å²) >= 11 is 8.11. The van der Waals surface area contributed by atoms with Gasteiger partial charge in [0.05, 0.1) is 6.04 Å². The Morgan fingerprint density at radius 3 is 2.71 bits per heavy atom. The molecule has 0 radical (unpaired) electrons. The highest BCUT2D eigenvalue weighted by Crippen LogP contribution is 2.39. The maximum Gasteiger partial charge on any atom is 0.0622 e. The molecule has 0 spiro atoms. The van der Waals surface area contributed by atoms with E-state index in [1.54, 1.807) is 0 Å². The van der Waals surface area contributed by atoms with Gasteiger partial charge < -0.3 is 5.32 Å². The first-order valence-corrected chi connectivity index (χ1v) is 6.94. The predicted molar refractivity (Wildman–Crippen MR) is 75.0 cm³/mol. The molecule has 0 saturated heterocycles. The van der Waals surface area contributed by atoms with Gasteiger partial charge in [-0.25, -0.2) is 0 Å². The van der Waals surface area contributed by atoms with Crippen LogP contribution < -0.4 is 5.32 Å². The van der Waals surface area contributed by atoms with Gasteiger partial charge in [0.15, 0.2) is 0 Å². The van der Waals surface area contributed by atoms with Gasteiger partial charge in [0.25, 0.3) is 0 Å². The first-order valence-electron chi connectivity index (χ1n) is 5.57. The summed E-state index contributed by atoms with van der Waals surface area (Å²) in [5, 5.41) is 4.39. The molecule has 0 fully saturated rings. The molecule has 3 heteroatoms. The summed E-state index contributed by atoms with van der Waals surface area (Å²) in [6.07, 6.45) is 0. The van der Waals surface area contributed by atoms with Gasteiger partial charge in [0.1, 0.15) is 0 Å². The van der Waals surface area contributed by atoms with Crippen LogP contribution in [0.2, 0.25) is 5.02 Å². The lowest BCUT2D eigenvalue weighted by Gasteiger charge is -2.27. The van der Waals surface area contributed by atoms with Crippen LogP contribution in [0.25, 0.3) is 0 Å². The summed E-state index contributed by atoms with van der Waals surface area (Å²) in [6, 6.07) is 16.7. The second-order valence-electron chi connectivity index (χ2n) is 4.03. The van der Waals surface area contributed by atoms with Crippen LogP contribution in [0.5, 0.6) is 0 Å². The summed E-state index contributed by atoms with van der Waals surface area (Å²) in [6.45, 7) is 0. The molecule has 1 nitrogen and oxygen atoms in total. The highest BCUT2D eigenvalue weighted by Gasteiger charge is 2.20. The Hall–Kier alpha value is -1.12. The normalized spacial score (nSPS) is 18.3. The van der Waals surface area contributed by atoms with Crippen LogP contribution in [0.4, 0.5) is 5.69 Å². The van der Waals surface area contributed by atoms with E-state index in [0.717, 1.165) is 10.8 Å². The lowest BCUT2D eigenvalue weighted by atomic mass is 10.1. The van der Waals surface area contributed by atoms with Gasteiger partial charge in [-0.3, -0.25) is 0 Å². The second kappa shape index (κ2) is 4.63. The first-order chi connectivity index (χ1) is 8.34. The third-order valence-electron chi connectivity index (χ3n) is 2.90. The van der Waals surface area contributed by atoms with Gasteiger partial charge in [0.2, 0.25) is 0 Å². The zero-order chi connectivity index (χ0) is 11.7. The van der Waals surface area contributed by atoms with Crippen LogP contribution in [0.3, 0.4) is 0 Å². The van der Waals surface area contributed by atoms with Gasteiger partial charge in [-0.2, -0.15) is 0 Å². The van der Waals surface area contributed by atoms with Crippen molar-refractivity contribution in [2.24, 2.45) is 0 Å². The van der Waals surface area contributed by atoms with Crippen LogP contribution >= 0.6 is 23.4 Å². The van der Waals surface area contributed by atoms with Gasteiger partial charge in [0, 0.05) is 21.4 Å². The van der Waals surface area contributed by atoms with Crippen LogP contribution in [-0.2, 0) is 0 Å². The molecule has 0 saturated carbocycles. The molecule has 1 heterocycles. The smallest absolute Gasteiger partial charge is 0.0622 e. The predicted octanol–water partition coefficient (Wildman–Crippen LogP) is 4.60. The maximum absolute atomic E-state index is 6.24. The van der Waals surface area contributed by atoms with E-state index in [1.807, 2.05) is 30.0 Å². The molecule has 17 heavy (non-hydrogen) atoms. The summed E-state index contributed by atoms with van der Waals surface area (Å²) in [5.41, 5.74) is 2.38. The third kappa shape index (κ3) is 2.15. The molecule has 2 aromatic carbocycles. The standard InChI is InChI=1S/C14H12ClNS/c15-11-6-2-1-5-10(11)13-9-17-14-8-4-3-7-12(14)16-13/h1-8,13,16H,9H2/t13-/m1/s1. The van der Waals surface area contributed by atoms with E-state index < -0.39 is 0 Å². The Balaban J connectivity index is 1.92. The molecule has 1 aliphatic heterocycles. The molecule has 1 aliphatic rings. The number of para-hydroxylation sites is 1. The molecule has 3 rings (SSSR count). The van der Waals surface area contributed by atoms with Crippen molar-refractivity contribution in [2.75, 3.05) is 11.1 Å². The molecule has 0 amide bonds. The molecular formula is C14H12ClNS. The number of rotatable bonds is 1. The number of hydrogen-bond acceptors (Lipinski definition) is 2. The van der Waals surface area contributed by atoms with Gasteiger partial charge in [-0.15, -0.1) is 11.8 Å². The van der Waals surface area contributed by atoms with Crippen LogP contribution in [0, 0.1) is 0 Å². The molecule has 0 unspecified atom stereocenters. The van der Waals surface area contributed by atoms with E-state index in [4.69, 9.17) is 11.6 Å². The lowest BCUT2D eigenvalue weighted by molar-refractivity contribution is 0.881. The zero-order valence-electron chi connectivity index (χ0n) is 9.19. The quantitative estimate of drug-likeness (QED) is 0.805. The van der Waals surface area contributed by atoms with Crippen LogP contribution in [0.1, 0.15) is 11.6 Å². The number of hydrogen-bond donors (Lipinski definition) is 1. The minimum absolute atomic E-state index is 0.295. The van der Waals surface area contributed by atoms with Crippen molar-refractivity contribution in [2.45, 2.75) is 10.9 Å². The van der Waals surface area contributed by atoms with Crippen molar-refractivity contribution in [3.63, 3.8) is 0 Å². The van der Waals surface area contributed by atoms with Crippen molar-refractivity contribution >= 4 is 29.1 Å². The Bertz CT molecular complexity index is 541. The minimum atomic E-state index is 0.295. The topological polar surface area (TPSA) is 12.0 Å². The van der Waals surface area contributed by atoms with Crippen molar-refractivity contribution < 1.29 is 0 Å². The van der Waals surface area contributed by atoms with Gasteiger partial charge >= 0.3 is 0 Å². The zero-order valence-corrected chi connectivity index (χ0v) is 10.8. The molecule has 1 atom stereocenters. The number of thioether (sulfide) groups is 1. The van der Waals surface area contributed by atoms with Crippen molar-refractivity contribution in [1.29, 1.82) is 0 Å².